The van der Waals surface area contributed by atoms with Crippen LogP contribution in [-0.4, -0.2) is 11.1 Å². The predicted octanol–water partition coefficient (Wildman–Crippen LogP) is 6.35. The summed E-state index contributed by atoms with van der Waals surface area (Å²) in [5.41, 5.74) is 0. The summed E-state index contributed by atoms with van der Waals surface area (Å²) in [6.07, 6.45) is 17.3. The molecule has 0 aromatic heterocycles. The summed E-state index contributed by atoms with van der Waals surface area (Å²) < 4.78 is 0. The summed E-state index contributed by atoms with van der Waals surface area (Å²) in [5.74, 6) is -0.655. The van der Waals surface area contributed by atoms with Crippen LogP contribution < -0.4 is 0 Å². The second-order valence-corrected chi connectivity index (χ2v) is 5.39. The van der Waals surface area contributed by atoms with E-state index >= 15 is 0 Å². The van der Waals surface area contributed by atoms with E-state index in [1.54, 1.807) is 0 Å². The van der Waals surface area contributed by atoms with Crippen LogP contribution in [0.2, 0.25) is 0 Å². The van der Waals surface area contributed by atoms with Gasteiger partial charge in [0.25, 0.3) is 0 Å². The first-order chi connectivity index (χ1) is 9.77. The number of unbranched alkanes of at least 4 members (excludes halogenated alkanes) is 12. The van der Waals surface area contributed by atoms with Crippen molar-refractivity contribution in [3.63, 3.8) is 0 Å². The summed E-state index contributed by atoms with van der Waals surface area (Å²) in [7, 11) is 0. The molecule has 0 fully saturated rings. The molecule has 0 heterocycles. The first kappa shape index (κ1) is 21.5. The molecule has 0 bridgehead atoms. The smallest absolute Gasteiger partial charge is 0.303 e. The van der Waals surface area contributed by atoms with Gasteiger partial charge in [-0.1, -0.05) is 84.0 Å². The largest absolute Gasteiger partial charge is 0.481 e. The molecule has 0 rings (SSSR count). The number of carboxylic acids is 1. The van der Waals surface area contributed by atoms with Gasteiger partial charge in [0.1, 0.15) is 0 Å². The summed E-state index contributed by atoms with van der Waals surface area (Å²) in [4.78, 5) is 10.3. The maximum Gasteiger partial charge on any atom is 0.303 e. The summed E-state index contributed by atoms with van der Waals surface area (Å²) in [6.45, 7) is 8.26. The highest BCUT2D eigenvalue weighted by atomic mass is 16.4. The summed E-state index contributed by atoms with van der Waals surface area (Å²) in [5, 5.41) is 8.49. The second kappa shape index (κ2) is 20.5. The van der Waals surface area contributed by atoms with Crippen molar-refractivity contribution in [1.29, 1.82) is 0 Å². The number of hydrogen-bond donors (Lipinski definition) is 1. The van der Waals surface area contributed by atoms with Gasteiger partial charge in [0, 0.05) is 6.42 Å². The maximum absolute atomic E-state index is 10.3. The van der Waals surface area contributed by atoms with Gasteiger partial charge in [-0.05, 0) is 6.42 Å². The normalized spacial score (nSPS) is 9.85. The van der Waals surface area contributed by atoms with Gasteiger partial charge in [0.15, 0.2) is 0 Å². The zero-order valence-electron chi connectivity index (χ0n) is 13.7. The quantitative estimate of drug-likeness (QED) is 0.298. The maximum atomic E-state index is 10.3. The van der Waals surface area contributed by atoms with Gasteiger partial charge in [0.05, 0.1) is 0 Å². The lowest BCUT2D eigenvalue weighted by molar-refractivity contribution is -0.137. The highest BCUT2D eigenvalue weighted by Crippen LogP contribution is 2.12. The van der Waals surface area contributed by atoms with Crippen molar-refractivity contribution >= 4 is 5.97 Å². The van der Waals surface area contributed by atoms with Crippen molar-refractivity contribution in [2.45, 2.75) is 96.8 Å². The third-order valence-corrected chi connectivity index (χ3v) is 3.49. The Morgan fingerprint density at radius 1 is 0.700 bits per heavy atom. The molecule has 20 heavy (non-hydrogen) atoms. The van der Waals surface area contributed by atoms with Gasteiger partial charge in [0.2, 0.25) is 0 Å². The van der Waals surface area contributed by atoms with Crippen molar-refractivity contribution in [2.24, 2.45) is 0 Å². The van der Waals surface area contributed by atoms with E-state index in [1.807, 2.05) is 0 Å². The van der Waals surface area contributed by atoms with Crippen LogP contribution >= 0.6 is 0 Å². The molecule has 0 aliphatic heterocycles. The third kappa shape index (κ3) is 22.4. The average Bonchev–Trinajstić information content (AvgIpc) is 2.46. The minimum absolute atomic E-state index is 0.345. The Labute approximate surface area is 126 Å². The van der Waals surface area contributed by atoms with E-state index in [4.69, 9.17) is 5.11 Å². The molecule has 1 N–H and O–H groups in total. The molecular formula is C18H36O2. The first-order valence-corrected chi connectivity index (χ1v) is 8.49. The minimum atomic E-state index is -0.655. The van der Waals surface area contributed by atoms with E-state index in [-0.39, 0.29) is 0 Å². The molecule has 0 atom stereocenters. The van der Waals surface area contributed by atoms with E-state index in [0.29, 0.717) is 6.42 Å². The highest BCUT2D eigenvalue weighted by molar-refractivity contribution is 5.66. The minimum Gasteiger partial charge on any atom is -0.481 e. The van der Waals surface area contributed by atoms with Gasteiger partial charge in [-0.2, -0.15) is 0 Å². The lowest BCUT2D eigenvalue weighted by Gasteiger charge is -2.02. The number of carbonyl (C=O) groups is 1. The van der Waals surface area contributed by atoms with E-state index < -0.39 is 5.97 Å². The van der Waals surface area contributed by atoms with Gasteiger partial charge < -0.3 is 5.11 Å². The molecule has 0 aliphatic carbocycles. The topological polar surface area (TPSA) is 37.3 Å². The molecule has 0 aromatic carbocycles. The van der Waals surface area contributed by atoms with E-state index in [0.717, 1.165) is 12.8 Å². The standard InChI is InChI=1S/C16H32O2.C2H4/c1-2-3-4-5-6-7-8-9-10-11-12-13-14-15-16(17)18;1-2/h2-15H2,1H3,(H,17,18);1-2H2. The first-order valence-electron chi connectivity index (χ1n) is 8.49. The molecule has 0 aromatic rings. The zero-order chi connectivity index (χ0) is 15.5. The zero-order valence-corrected chi connectivity index (χ0v) is 13.7. The van der Waals surface area contributed by atoms with Crippen LogP contribution in [0, 0.1) is 0 Å². The Balaban J connectivity index is 0. The number of aliphatic carboxylic acids is 1. The molecule has 0 saturated carbocycles. The van der Waals surface area contributed by atoms with Crippen LogP contribution in [0.4, 0.5) is 0 Å². The summed E-state index contributed by atoms with van der Waals surface area (Å²) in [6, 6.07) is 0. The fraction of sp³-hybridized carbons (Fsp3) is 0.833. The predicted molar refractivity (Wildman–Crippen MR) is 89.2 cm³/mol. The molecule has 2 heteroatoms. The molecular weight excluding hydrogens is 248 g/mol. The molecule has 0 amide bonds. The number of hydrogen-bond acceptors (Lipinski definition) is 1. The second-order valence-electron chi connectivity index (χ2n) is 5.39. The van der Waals surface area contributed by atoms with E-state index in [1.165, 1.54) is 70.6 Å². The van der Waals surface area contributed by atoms with Crippen LogP contribution in [0.15, 0.2) is 13.2 Å². The van der Waals surface area contributed by atoms with Crippen LogP contribution in [0.1, 0.15) is 96.8 Å². The van der Waals surface area contributed by atoms with Gasteiger partial charge in [-0.15, -0.1) is 13.2 Å². The van der Waals surface area contributed by atoms with Gasteiger partial charge in [-0.3, -0.25) is 4.79 Å². The van der Waals surface area contributed by atoms with Crippen LogP contribution in [-0.2, 0) is 4.79 Å². The molecule has 120 valence electrons. The fourth-order valence-electron chi connectivity index (χ4n) is 2.29. The summed E-state index contributed by atoms with van der Waals surface area (Å²) >= 11 is 0. The van der Waals surface area contributed by atoms with Gasteiger partial charge in [-0.25, -0.2) is 0 Å². The Bertz CT molecular complexity index is 190. The Morgan fingerprint density at radius 3 is 1.30 bits per heavy atom. The molecule has 0 aliphatic rings. The van der Waals surface area contributed by atoms with Crippen LogP contribution in [0.5, 0.6) is 0 Å². The number of carboxylic acid groups (broad SMARTS) is 1. The van der Waals surface area contributed by atoms with Crippen molar-refractivity contribution in [3.8, 4) is 0 Å². The highest BCUT2D eigenvalue weighted by Gasteiger charge is 1.96. The molecule has 2 nitrogen and oxygen atoms in total. The monoisotopic (exact) mass is 284 g/mol. The van der Waals surface area contributed by atoms with E-state index in [2.05, 4.69) is 20.1 Å². The molecule has 0 saturated heterocycles. The molecule has 0 radical (unpaired) electrons. The lowest BCUT2D eigenvalue weighted by atomic mass is 10.0. The van der Waals surface area contributed by atoms with Gasteiger partial charge >= 0.3 is 5.97 Å². The SMILES string of the molecule is C=C.CCCCCCCCCCCCCCCC(=O)O. The third-order valence-electron chi connectivity index (χ3n) is 3.49. The van der Waals surface area contributed by atoms with Crippen molar-refractivity contribution in [2.75, 3.05) is 0 Å². The van der Waals surface area contributed by atoms with Crippen molar-refractivity contribution in [3.05, 3.63) is 13.2 Å². The lowest BCUT2D eigenvalue weighted by Crippen LogP contribution is -1.93. The van der Waals surface area contributed by atoms with Crippen LogP contribution in [0.3, 0.4) is 0 Å². The van der Waals surface area contributed by atoms with E-state index in [9.17, 15) is 4.79 Å². The average molecular weight is 284 g/mol. The van der Waals surface area contributed by atoms with Crippen LogP contribution in [0.25, 0.3) is 0 Å². The molecule has 0 spiro atoms. The Morgan fingerprint density at radius 2 is 1.00 bits per heavy atom. The number of rotatable bonds is 14. The molecule has 0 unspecified atom stereocenters. The fourth-order valence-corrected chi connectivity index (χ4v) is 2.29. The Kier molecular flexibility index (Phi) is 22.1. The van der Waals surface area contributed by atoms with Crippen molar-refractivity contribution in [1.82, 2.24) is 0 Å². The Hall–Kier alpha value is -0.790. The van der Waals surface area contributed by atoms with Crippen molar-refractivity contribution < 1.29 is 9.90 Å².